The van der Waals surface area contributed by atoms with Crippen LogP contribution in [0.4, 0.5) is 16.3 Å². The van der Waals surface area contributed by atoms with Crippen molar-refractivity contribution in [2.24, 2.45) is 0 Å². The first-order valence-electron chi connectivity index (χ1n) is 7.33. The molecule has 0 atom stereocenters. The first-order valence-corrected chi connectivity index (χ1v) is 7.33. The molecule has 0 unspecified atom stereocenters. The van der Waals surface area contributed by atoms with E-state index in [1.165, 1.54) is 6.92 Å². The third-order valence-electron chi connectivity index (χ3n) is 3.36. The molecule has 3 aromatic rings. The second-order valence-corrected chi connectivity index (χ2v) is 5.16. The SMILES string of the molecule is CC(=O)c1ccc(NC(=O)Nc2cc(-c3ccccc3)on2)cc1. The zero-order chi connectivity index (χ0) is 16.9. The Morgan fingerprint density at radius 2 is 1.67 bits per heavy atom. The van der Waals surface area contributed by atoms with Crippen LogP contribution in [0.2, 0.25) is 0 Å². The van der Waals surface area contributed by atoms with Gasteiger partial charge in [-0.25, -0.2) is 4.79 Å². The van der Waals surface area contributed by atoms with Gasteiger partial charge in [-0.1, -0.05) is 35.5 Å². The molecule has 0 saturated heterocycles. The molecule has 1 heterocycles. The number of Topliss-reactive ketones (excluding diaryl/α,β-unsaturated/α-hetero) is 1. The van der Waals surface area contributed by atoms with Gasteiger partial charge >= 0.3 is 6.03 Å². The molecular formula is C18H15N3O3. The van der Waals surface area contributed by atoms with Crippen molar-refractivity contribution in [1.29, 1.82) is 0 Å². The number of anilines is 2. The number of nitrogens with one attached hydrogen (secondary N) is 2. The van der Waals surface area contributed by atoms with Crippen molar-refractivity contribution in [3.05, 3.63) is 66.2 Å². The van der Waals surface area contributed by atoms with Crippen molar-refractivity contribution >= 4 is 23.3 Å². The number of hydrogen-bond acceptors (Lipinski definition) is 4. The Hall–Kier alpha value is -3.41. The first-order chi connectivity index (χ1) is 11.6. The fourth-order valence-corrected chi connectivity index (χ4v) is 2.14. The van der Waals surface area contributed by atoms with Gasteiger partial charge in [0, 0.05) is 22.9 Å². The zero-order valence-electron chi connectivity index (χ0n) is 12.9. The van der Waals surface area contributed by atoms with Crippen LogP contribution in [0.5, 0.6) is 0 Å². The van der Waals surface area contributed by atoms with Crippen LogP contribution in [0.15, 0.2) is 65.2 Å². The first kappa shape index (κ1) is 15.5. The van der Waals surface area contributed by atoms with Crippen molar-refractivity contribution < 1.29 is 14.1 Å². The minimum absolute atomic E-state index is 0.0259. The lowest BCUT2D eigenvalue weighted by atomic mass is 10.1. The number of aromatic nitrogens is 1. The summed E-state index contributed by atoms with van der Waals surface area (Å²) >= 11 is 0. The summed E-state index contributed by atoms with van der Waals surface area (Å²) < 4.78 is 5.21. The van der Waals surface area contributed by atoms with Gasteiger partial charge in [-0.3, -0.25) is 10.1 Å². The normalized spacial score (nSPS) is 10.2. The Bertz CT molecular complexity index is 855. The largest absolute Gasteiger partial charge is 0.354 e. The summed E-state index contributed by atoms with van der Waals surface area (Å²) in [6.45, 7) is 1.49. The molecule has 24 heavy (non-hydrogen) atoms. The molecule has 2 aromatic carbocycles. The van der Waals surface area contributed by atoms with Crippen LogP contribution in [-0.2, 0) is 0 Å². The topological polar surface area (TPSA) is 84.2 Å². The van der Waals surface area contributed by atoms with Crippen LogP contribution >= 0.6 is 0 Å². The van der Waals surface area contributed by atoms with Crippen LogP contribution in [0, 0.1) is 0 Å². The highest BCUT2D eigenvalue weighted by atomic mass is 16.5. The second kappa shape index (κ2) is 6.78. The van der Waals surface area contributed by atoms with Gasteiger partial charge in [0.25, 0.3) is 0 Å². The summed E-state index contributed by atoms with van der Waals surface area (Å²) in [5.74, 6) is 0.852. The van der Waals surface area contributed by atoms with Crippen molar-refractivity contribution in [1.82, 2.24) is 5.16 Å². The van der Waals surface area contributed by atoms with Crippen LogP contribution in [0.1, 0.15) is 17.3 Å². The highest BCUT2D eigenvalue weighted by molar-refractivity contribution is 6.00. The lowest BCUT2D eigenvalue weighted by Crippen LogP contribution is -2.19. The third-order valence-corrected chi connectivity index (χ3v) is 3.36. The number of ketones is 1. The fourth-order valence-electron chi connectivity index (χ4n) is 2.14. The zero-order valence-corrected chi connectivity index (χ0v) is 12.9. The maximum Gasteiger partial charge on any atom is 0.324 e. The van der Waals surface area contributed by atoms with Gasteiger partial charge in [0.2, 0.25) is 0 Å². The Labute approximate surface area is 138 Å². The van der Waals surface area contributed by atoms with Gasteiger partial charge in [0.05, 0.1) is 0 Å². The quantitative estimate of drug-likeness (QED) is 0.706. The van der Waals surface area contributed by atoms with E-state index in [2.05, 4.69) is 15.8 Å². The fraction of sp³-hybridized carbons (Fsp3) is 0.0556. The number of amides is 2. The van der Waals surface area contributed by atoms with Crippen molar-refractivity contribution in [2.75, 3.05) is 10.6 Å². The van der Waals surface area contributed by atoms with Crippen LogP contribution in [0.3, 0.4) is 0 Å². The Morgan fingerprint density at radius 3 is 2.33 bits per heavy atom. The number of urea groups is 1. The summed E-state index contributed by atoms with van der Waals surface area (Å²) in [5.41, 5.74) is 2.03. The molecule has 2 N–H and O–H groups in total. The molecule has 0 aliphatic rings. The third kappa shape index (κ3) is 3.67. The van der Waals surface area contributed by atoms with Crippen molar-refractivity contribution in [2.45, 2.75) is 6.92 Å². The molecule has 0 saturated carbocycles. The molecule has 2 amide bonds. The lowest BCUT2D eigenvalue weighted by Gasteiger charge is -2.05. The minimum atomic E-state index is -0.446. The van der Waals surface area contributed by atoms with E-state index >= 15 is 0 Å². The molecule has 6 heteroatoms. The summed E-state index contributed by atoms with van der Waals surface area (Å²) in [7, 11) is 0. The van der Waals surface area contributed by atoms with Gasteiger partial charge in [-0.15, -0.1) is 0 Å². The number of carbonyl (C=O) groups is 2. The molecule has 0 bridgehead atoms. The van der Waals surface area contributed by atoms with E-state index in [9.17, 15) is 9.59 Å². The molecule has 6 nitrogen and oxygen atoms in total. The van der Waals surface area contributed by atoms with Crippen molar-refractivity contribution in [3.8, 4) is 11.3 Å². The van der Waals surface area contributed by atoms with Gasteiger partial charge in [-0.2, -0.15) is 0 Å². The summed E-state index contributed by atoms with van der Waals surface area (Å²) in [4.78, 5) is 23.2. The van der Waals surface area contributed by atoms with Gasteiger partial charge < -0.3 is 9.84 Å². The van der Waals surface area contributed by atoms with Gasteiger partial charge in [0.15, 0.2) is 17.4 Å². The van der Waals surface area contributed by atoms with E-state index in [1.807, 2.05) is 30.3 Å². The molecule has 0 fully saturated rings. The maximum absolute atomic E-state index is 12.0. The number of benzene rings is 2. The maximum atomic E-state index is 12.0. The predicted molar refractivity (Wildman–Crippen MR) is 91.0 cm³/mol. The van der Waals surface area contributed by atoms with Crippen LogP contribution in [0.25, 0.3) is 11.3 Å². The Balaban J connectivity index is 1.63. The van der Waals surface area contributed by atoms with Crippen molar-refractivity contribution in [3.63, 3.8) is 0 Å². The smallest absolute Gasteiger partial charge is 0.324 e. The highest BCUT2D eigenvalue weighted by Crippen LogP contribution is 2.22. The van der Waals surface area contributed by atoms with E-state index < -0.39 is 6.03 Å². The van der Waals surface area contributed by atoms with E-state index in [1.54, 1.807) is 30.3 Å². The van der Waals surface area contributed by atoms with Crippen LogP contribution < -0.4 is 10.6 Å². The Morgan fingerprint density at radius 1 is 0.958 bits per heavy atom. The molecule has 0 aliphatic carbocycles. The number of carbonyl (C=O) groups excluding carboxylic acids is 2. The molecule has 1 aromatic heterocycles. The molecular weight excluding hydrogens is 306 g/mol. The molecule has 3 rings (SSSR count). The summed E-state index contributed by atoms with van der Waals surface area (Å²) in [5, 5.41) is 9.08. The van der Waals surface area contributed by atoms with E-state index in [0.717, 1.165) is 5.56 Å². The minimum Gasteiger partial charge on any atom is -0.354 e. The number of rotatable bonds is 4. The number of nitrogens with zero attached hydrogens (tertiary/aromatic N) is 1. The standard InChI is InChI=1S/C18H15N3O3/c1-12(22)13-7-9-15(10-8-13)19-18(23)20-17-11-16(24-21-17)14-5-3-2-4-6-14/h2-11H,1H3,(H2,19,20,21,23). The second-order valence-electron chi connectivity index (χ2n) is 5.16. The monoisotopic (exact) mass is 321 g/mol. The average Bonchev–Trinajstić information content (AvgIpc) is 3.04. The van der Waals surface area contributed by atoms with E-state index in [-0.39, 0.29) is 5.78 Å². The van der Waals surface area contributed by atoms with Crippen LogP contribution in [-0.4, -0.2) is 17.0 Å². The number of hydrogen-bond donors (Lipinski definition) is 2. The lowest BCUT2D eigenvalue weighted by molar-refractivity contribution is 0.101. The molecule has 120 valence electrons. The highest BCUT2D eigenvalue weighted by Gasteiger charge is 2.09. The Kier molecular flexibility index (Phi) is 4.38. The summed E-state index contributed by atoms with van der Waals surface area (Å²) in [6, 6.07) is 17.3. The van der Waals surface area contributed by atoms with Gasteiger partial charge in [-0.05, 0) is 31.2 Å². The van der Waals surface area contributed by atoms with E-state index in [4.69, 9.17) is 4.52 Å². The average molecular weight is 321 g/mol. The summed E-state index contributed by atoms with van der Waals surface area (Å²) in [6.07, 6.45) is 0. The molecule has 0 aliphatic heterocycles. The molecule has 0 spiro atoms. The van der Waals surface area contributed by atoms with E-state index in [0.29, 0.717) is 22.8 Å². The molecule has 0 radical (unpaired) electrons. The predicted octanol–water partition coefficient (Wildman–Crippen LogP) is 4.19. The van der Waals surface area contributed by atoms with Gasteiger partial charge in [0.1, 0.15) is 0 Å².